The molecule has 1 saturated heterocycles. The second kappa shape index (κ2) is 6.14. The quantitative estimate of drug-likeness (QED) is 0.532. The molecule has 1 aliphatic rings. The van der Waals surface area contributed by atoms with Gasteiger partial charge in [-0.3, -0.25) is 9.69 Å². The van der Waals surface area contributed by atoms with Gasteiger partial charge in [-0.2, -0.15) is 0 Å². The van der Waals surface area contributed by atoms with Crippen LogP contribution in [0.2, 0.25) is 5.02 Å². The van der Waals surface area contributed by atoms with Crippen molar-refractivity contribution in [1.82, 2.24) is 14.8 Å². The van der Waals surface area contributed by atoms with Gasteiger partial charge in [-0.15, -0.1) is 6.58 Å². The van der Waals surface area contributed by atoms with Gasteiger partial charge in [0, 0.05) is 29.1 Å². The zero-order valence-electron chi connectivity index (χ0n) is 12.2. The summed E-state index contributed by atoms with van der Waals surface area (Å²) < 4.78 is 1.90. The summed E-state index contributed by atoms with van der Waals surface area (Å²) in [5, 5.41) is 3.23. The number of amides is 3. The minimum atomic E-state index is -0.439. The van der Waals surface area contributed by atoms with E-state index in [1.807, 2.05) is 35.0 Å². The molecule has 116 valence electrons. The molecule has 2 heterocycles. The Morgan fingerprint density at radius 2 is 1.91 bits per heavy atom. The van der Waals surface area contributed by atoms with Crippen LogP contribution in [0.4, 0.5) is 4.79 Å². The molecule has 0 spiro atoms. The number of carbonyl (C=O) groups is 2. The molecule has 2 aromatic rings. The number of halogens is 1. The molecule has 0 aliphatic carbocycles. The molecular weight excluding hydrogens is 314 g/mol. The van der Waals surface area contributed by atoms with Crippen LogP contribution in [0.15, 0.2) is 60.9 Å². The lowest BCUT2D eigenvalue weighted by molar-refractivity contribution is -0.122. The number of imide groups is 1. The number of benzene rings is 1. The first-order chi connectivity index (χ1) is 11.1. The average Bonchev–Trinajstić information content (AvgIpc) is 3.09. The Labute approximate surface area is 138 Å². The molecule has 23 heavy (non-hydrogen) atoms. The van der Waals surface area contributed by atoms with Gasteiger partial charge in [0.05, 0.1) is 0 Å². The molecule has 1 N–H and O–H groups in total. The molecule has 1 aromatic heterocycles. The highest BCUT2D eigenvalue weighted by Gasteiger charge is 2.32. The van der Waals surface area contributed by atoms with Crippen molar-refractivity contribution in [3.8, 4) is 5.69 Å². The Bertz CT molecular complexity index is 806. The highest BCUT2D eigenvalue weighted by Crippen LogP contribution is 2.19. The van der Waals surface area contributed by atoms with E-state index in [9.17, 15) is 9.59 Å². The van der Waals surface area contributed by atoms with Crippen LogP contribution >= 0.6 is 11.6 Å². The van der Waals surface area contributed by atoms with Crippen LogP contribution in [0.5, 0.6) is 0 Å². The highest BCUT2D eigenvalue weighted by molar-refractivity contribution is 6.30. The number of carbonyl (C=O) groups excluding carboxylic acids is 2. The third kappa shape index (κ3) is 2.91. The standard InChI is InChI=1S/C17H14ClN3O2/c1-2-9-21-16(22)15(19-17(21)23)11-14-4-3-10-20(14)13-7-5-12(18)6-8-13/h2-8,10-11H,1,9H2,(H,19,23)/b15-11+. The molecule has 3 amide bonds. The van der Waals surface area contributed by atoms with E-state index in [1.54, 1.807) is 18.2 Å². The summed E-state index contributed by atoms with van der Waals surface area (Å²) in [7, 11) is 0. The Balaban J connectivity index is 1.94. The lowest BCUT2D eigenvalue weighted by Gasteiger charge is -2.08. The molecule has 3 rings (SSSR count). The Hall–Kier alpha value is -2.79. The fourth-order valence-corrected chi connectivity index (χ4v) is 2.49. The van der Waals surface area contributed by atoms with Gasteiger partial charge in [0.15, 0.2) is 0 Å². The van der Waals surface area contributed by atoms with E-state index in [2.05, 4.69) is 11.9 Å². The summed E-state index contributed by atoms with van der Waals surface area (Å²) in [5.41, 5.74) is 1.92. The third-order valence-corrected chi connectivity index (χ3v) is 3.70. The molecular formula is C17H14ClN3O2. The maximum Gasteiger partial charge on any atom is 0.329 e. The minimum absolute atomic E-state index is 0.181. The van der Waals surface area contributed by atoms with Gasteiger partial charge in [-0.25, -0.2) is 4.79 Å². The second-order valence-electron chi connectivity index (χ2n) is 4.97. The lowest BCUT2D eigenvalue weighted by Crippen LogP contribution is -2.30. The van der Waals surface area contributed by atoms with Crippen LogP contribution in [-0.2, 0) is 4.79 Å². The summed E-state index contributed by atoms with van der Waals surface area (Å²) >= 11 is 5.90. The Kier molecular flexibility index (Phi) is 4.04. The van der Waals surface area contributed by atoms with Crippen LogP contribution in [0.1, 0.15) is 5.69 Å². The maximum absolute atomic E-state index is 12.2. The lowest BCUT2D eigenvalue weighted by atomic mass is 10.2. The van der Waals surface area contributed by atoms with Crippen molar-refractivity contribution in [2.24, 2.45) is 0 Å². The van der Waals surface area contributed by atoms with Crippen molar-refractivity contribution in [3.05, 3.63) is 71.7 Å². The van der Waals surface area contributed by atoms with Crippen molar-refractivity contribution in [3.63, 3.8) is 0 Å². The van der Waals surface area contributed by atoms with E-state index in [0.717, 1.165) is 16.3 Å². The predicted octanol–water partition coefficient (Wildman–Crippen LogP) is 3.21. The number of aromatic nitrogens is 1. The average molecular weight is 328 g/mol. The number of hydrogen-bond donors (Lipinski definition) is 1. The molecule has 0 unspecified atom stereocenters. The largest absolute Gasteiger partial charge is 0.329 e. The van der Waals surface area contributed by atoms with Crippen LogP contribution in [-0.4, -0.2) is 28.0 Å². The Morgan fingerprint density at radius 3 is 2.61 bits per heavy atom. The van der Waals surface area contributed by atoms with E-state index in [0.29, 0.717) is 5.02 Å². The zero-order chi connectivity index (χ0) is 16.4. The highest BCUT2D eigenvalue weighted by atomic mass is 35.5. The van der Waals surface area contributed by atoms with E-state index < -0.39 is 6.03 Å². The van der Waals surface area contributed by atoms with E-state index in [1.165, 1.54) is 6.08 Å². The Morgan fingerprint density at radius 1 is 1.17 bits per heavy atom. The number of urea groups is 1. The van der Waals surface area contributed by atoms with Crippen LogP contribution < -0.4 is 5.32 Å². The van der Waals surface area contributed by atoms with Gasteiger partial charge in [0.25, 0.3) is 5.91 Å². The van der Waals surface area contributed by atoms with Crippen molar-refractivity contribution in [2.75, 3.05) is 6.54 Å². The van der Waals surface area contributed by atoms with Crippen LogP contribution in [0, 0.1) is 0 Å². The van der Waals surface area contributed by atoms with Crippen molar-refractivity contribution < 1.29 is 9.59 Å². The maximum atomic E-state index is 12.2. The normalized spacial score (nSPS) is 16.0. The molecule has 0 bridgehead atoms. The van der Waals surface area contributed by atoms with Gasteiger partial charge >= 0.3 is 6.03 Å². The van der Waals surface area contributed by atoms with Gasteiger partial charge in [-0.1, -0.05) is 17.7 Å². The molecule has 6 heteroatoms. The molecule has 1 fully saturated rings. The fraction of sp³-hybridized carbons (Fsp3) is 0.0588. The third-order valence-electron chi connectivity index (χ3n) is 3.45. The predicted molar refractivity (Wildman–Crippen MR) is 89.2 cm³/mol. The first-order valence-corrected chi connectivity index (χ1v) is 7.36. The van der Waals surface area contributed by atoms with Crippen molar-refractivity contribution in [1.29, 1.82) is 0 Å². The van der Waals surface area contributed by atoms with Gasteiger partial charge < -0.3 is 9.88 Å². The number of nitrogens with zero attached hydrogens (tertiary/aromatic N) is 2. The van der Waals surface area contributed by atoms with E-state index in [4.69, 9.17) is 11.6 Å². The SMILES string of the molecule is C=CCN1C(=O)N/C(=C/c2cccn2-c2ccc(Cl)cc2)C1=O. The minimum Gasteiger partial charge on any atom is -0.317 e. The first kappa shape index (κ1) is 15.1. The molecule has 0 radical (unpaired) electrons. The van der Waals surface area contributed by atoms with Gasteiger partial charge in [0.1, 0.15) is 5.70 Å². The molecule has 1 aliphatic heterocycles. The van der Waals surface area contributed by atoms with Crippen molar-refractivity contribution >= 4 is 29.6 Å². The number of hydrogen-bond acceptors (Lipinski definition) is 2. The summed E-state index contributed by atoms with van der Waals surface area (Å²) in [6, 6.07) is 10.6. The van der Waals surface area contributed by atoms with Crippen LogP contribution in [0.25, 0.3) is 11.8 Å². The van der Waals surface area contributed by atoms with E-state index >= 15 is 0 Å². The van der Waals surface area contributed by atoms with Crippen LogP contribution in [0.3, 0.4) is 0 Å². The van der Waals surface area contributed by atoms with Crippen molar-refractivity contribution in [2.45, 2.75) is 0 Å². The summed E-state index contributed by atoms with van der Waals surface area (Å²) in [6.45, 7) is 3.73. The fourth-order valence-electron chi connectivity index (χ4n) is 2.36. The topological polar surface area (TPSA) is 54.3 Å². The molecule has 0 atom stereocenters. The first-order valence-electron chi connectivity index (χ1n) is 6.99. The molecule has 0 saturated carbocycles. The molecule has 5 nitrogen and oxygen atoms in total. The summed E-state index contributed by atoms with van der Waals surface area (Å²) in [4.78, 5) is 25.1. The number of rotatable bonds is 4. The van der Waals surface area contributed by atoms with E-state index in [-0.39, 0.29) is 18.1 Å². The monoisotopic (exact) mass is 327 g/mol. The van der Waals surface area contributed by atoms with Gasteiger partial charge in [0.2, 0.25) is 0 Å². The smallest absolute Gasteiger partial charge is 0.317 e. The summed E-state index contributed by atoms with van der Waals surface area (Å²) in [5.74, 6) is -0.362. The number of nitrogens with one attached hydrogen (secondary N) is 1. The second-order valence-corrected chi connectivity index (χ2v) is 5.41. The summed E-state index contributed by atoms with van der Waals surface area (Å²) in [6.07, 6.45) is 5.03. The zero-order valence-corrected chi connectivity index (χ0v) is 13.0. The van der Waals surface area contributed by atoms with Gasteiger partial charge in [-0.05, 0) is 42.5 Å². The molecule has 1 aromatic carbocycles.